The third-order valence-electron chi connectivity index (χ3n) is 3.81. The fraction of sp³-hybridized carbons (Fsp3) is 0.600. The Morgan fingerprint density at radius 1 is 1.43 bits per heavy atom. The molecule has 2 aromatic rings. The number of morpholine rings is 1. The first kappa shape index (κ1) is 14.5. The van der Waals surface area contributed by atoms with Crippen LogP contribution in [0.2, 0.25) is 0 Å². The molecule has 5 nitrogen and oxygen atoms in total. The molecule has 0 spiro atoms. The Labute approximate surface area is 129 Å². The van der Waals surface area contributed by atoms with Crippen molar-refractivity contribution in [3.8, 4) is 0 Å². The molecule has 0 radical (unpaired) electrons. The SMILES string of the molecule is CCCNc1nc(N2CCOCC2CC)c2ccsc2n1. The maximum absolute atomic E-state index is 5.62. The summed E-state index contributed by atoms with van der Waals surface area (Å²) in [5.41, 5.74) is 0. The first-order chi connectivity index (χ1) is 10.3. The van der Waals surface area contributed by atoms with Crippen molar-refractivity contribution >= 4 is 33.3 Å². The van der Waals surface area contributed by atoms with Gasteiger partial charge in [-0.1, -0.05) is 13.8 Å². The van der Waals surface area contributed by atoms with Gasteiger partial charge in [0.1, 0.15) is 10.6 Å². The van der Waals surface area contributed by atoms with Crippen molar-refractivity contribution in [1.29, 1.82) is 0 Å². The van der Waals surface area contributed by atoms with Gasteiger partial charge in [0.2, 0.25) is 5.95 Å². The lowest BCUT2D eigenvalue weighted by Crippen LogP contribution is -2.45. The van der Waals surface area contributed by atoms with E-state index in [-0.39, 0.29) is 0 Å². The molecular weight excluding hydrogens is 284 g/mol. The monoisotopic (exact) mass is 306 g/mol. The quantitative estimate of drug-likeness (QED) is 0.919. The zero-order chi connectivity index (χ0) is 14.7. The summed E-state index contributed by atoms with van der Waals surface area (Å²) in [5, 5.41) is 6.56. The van der Waals surface area contributed by atoms with Crippen molar-refractivity contribution < 1.29 is 4.74 Å². The Kier molecular flexibility index (Phi) is 4.55. The molecule has 0 aliphatic carbocycles. The van der Waals surface area contributed by atoms with Gasteiger partial charge in [-0.2, -0.15) is 4.98 Å². The smallest absolute Gasteiger partial charge is 0.226 e. The van der Waals surface area contributed by atoms with E-state index in [1.165, 1.54) is 0 Å². The second-order valence-electron chi connectivity index (χ2n) is 5.27. The molecule has 1 fully saturated rings. The van der Waals surface area contributed by atoms with Gasteiger partial charge in [-0.05, 0) is 24.3 Å². The van der Waals surface area contributed by atoms with Crippen LogP contribution in [0.4, 0.5) is 11.8 Å². The second-order valence-corrected chi connectivity index (χ2v) is 6.16. The molecule has 114 valence electrons. The Hall–Kier alpha value is -1.40. The summed E-state index contributed by atoms with van der Waals surface area (Å²) < 4.78 is 5.62. The summed E-state index contributed by atoms with van der Waals surface area (Å²) in [4.78, 5) is 12.8. The van der Waals surface area contributed by atoms with Crippen LogP contribution < -0.4 is 10.2 Å². The number of fused-ring (bicyclic) bond motifs is 1. The summed E-state index contributed by atoms with van der Waals surface area (Å²) >= 11 is 1.67. The van der Waals surface area contributed by atoms with E-state index < -0.39 is 0 Å². The molecule has 0 bridgehead atoms. The molecule has 3 heterocycles. The molecule has 1 aliphatic heterocycles. The first-order valence-corrected chi connectivity index (χ1v) is 8.55. The van der Waals surface area contributed by atoms with E-state index in [4.69, 9.17) is 9.72 Å². The number of hydrogen-bond donors (Lipinski definition) is 1. The maximum atomic E-state index is 5.62. The highest BCUT2D eigenvalue weighted by atomic mass is 32.1. The summed E-state index contributed by atoms with van der Waals surface area (Å²) in [6.07, 6.45) is 2.13. The molecule has 21 heavy (non-hydrogen) atoms. The van der Waals surface area contributed by atoms with Crippen LogP contribution in [0, 0.1) is 0 Å². The van der Waals surface area contributed by atoms with Gasteiger partial charge in [-0.15, -0.1) is 11.3 Å². The molecule has 1 N–H and O–H groups in total. The van der Waals surface area contributed by atoms with E-state index in [0.717, 1.165) is 61.1 Å². The summed E-state index contributed by atoms with van der Waals surface area (Å²) in [5.74, 6) is 1.79. The standard InChI is InChI=1S/C15H22N4OS/c1-3-6-16-15-17-13(12-5-9-21-14(12)18-15)19-7-8-20-10-11(19)4-2/h5,9,11H,3-4,6-8,10H2,1-2H3,(H,16,17,18). The Morgan fingerprint density at radius 3 is 3.14 bits per heavy atom. The molecule has 1 unspecified atom stereocenters. The molecule has 1 atom stereocenters. The van der Waals surface area contributed by atoms with Gasteiger partial charge in [0.15, 0.2) is 0 Å². The Balaban J connectivity index is 2.00. The number of ether oxygens (including phenoxy) is 1. The largest absolute Gasteiger partial charge is 0.377 e. The molecule has 6 heteroatoms. The molecule has 0 amide bonds. The van der Waals surface area contributed by atoms with Crippen molar-refractivity contribution in [3.05, 3.63) is 11.4 Å². The number of rotatable bonds is 5. The molecule has 3 rings (SSSR count). The highest BCUT2D eigenvalue weighted by molar-refractivity contribution is 7.16. The number of aromatic nitrogens is 2. The zero-order valence-corrected chi connectivity index (χ0v) is 13.4. The van der Waals surface area contributed by atoms with Gasteiger partial charge >= 0.3 is 0 Å². The molecular formula is C15H22N4OS. The summed E-state index contributed by atoms with van der Waals surface area (Å²) in [6.45, 7) is 7.69. The minimum Gasteiger partial charge on any atom is -0.377 e. The average molecular weight is 306 g/mol. The number of nitrogens with one attached hydrogen (secondary N) is 1. The van der Waals surface area contributed by atoms with E-state index in [9.17, 15) is 0 Å². The summed E-state index contributed by atoms with van der Waals surface area (Å²) in [6, 6.07) is 2.52. The van der Waals surface area contributed by atoms with Crippen molar-refractivity contribution in [2.75, 3.05) is 36.5 Å². The van der Waals surface area contributed by atoms with E-state index in [1.54, 1.807) is 11.3 Å². The van der Waals surface area contributed by atoms with Crippen LogP contribution in [0.5, 0.6) is 0 Å². The van der Waals surface area contributed by atoms with Gasteiger partial charge in [-0.25, -0.2) is 4.98 Å². The van der Waals surface area contributed by atoms with E-state index >= 15 is 0 Å². The Morgan fingerprint density at radius 2 is 2.33 bits per heavy atom. The van der Waals surface area contributed by atoms with Crippen LogP contribution in [-0.4, -0.2) is 42.3 Å². The van der Waals surface area contributed by atoms with Crippen LogP contribution in [0.3, 0.4) is 0 Å². The second kappa shape index (κ2) is 6.58. The van der Waals surface area contributed by atoms with Crippen LogP contribution in [0.1, 0.15) is 26.7 Å². The predicted molar refractivity (Wildman–Crippen MR) is 88.4 cm³/mol. The lowest BCUT2D eigenvalue weighted by molar-refractivity contribution is 0.0927. The first-order valence-electron chi connectivity index (χ1n) is 7.67. The van der Waals surface area contributed by atoms with Crippen LogP contribution in [0.15, 0.2) is 11.4 Å². The number of nitrogens with zero attached hydrogens (tertiary/aromatic N) is 3. The average Bonchev–Trinajstić information content (AvgIpc) is 3.00. The number of anilines is 2. The minimum atomic E-state index is 0.399. The van der Waals surface area contributed by atoms with E-state index in [1.807, 2.05) is 0 Å². The Bertz CT molecular complexity index is 600. The van der Waals surface area contributed by atoms with Crippen LogP contribution in [-0.2, 0) is 4.74 Å². The van der Waals surface area contributed by atoms with Gasteiger partial charge in [0.25, 0.3) is 0 Å². The third kappa shape index (κ3) is 2.96. The van der Waals surface area contributed by atoms with E-state index in [2.05, 4.69) is 40.5 Å². The van der Waals surface area contributed by atoms with Crippen molar-refractivity contribution in [3.63, 3.8) is 0 Å². The third-order valence-corrected chi connectivity index (χ3v) is 4.62. The molecule has 1 aliphatic rings. The highest BCUT2D eigenvalue weighted by Crippen LogP contribution is 2.31. The van der Waals surface area contributed by atoms with Gasteiger partial charge < -0.3 is 15.0 Å². The topological polar surface area (TPSA) is 50.3 Å². The highest BCUT2D eigenvalue weighted by Gasteiger charge is 2.25. The van der Waals surface area contributed by atoms with Crippen LogP contribution in [0.25, 0.3) is 10.2 Å². The molecule has 0 aromatic carbocycles. The fourth-order valence-corrected chi connectivity index (χ4v) is 3.40. The number of hydrogen-bond acceptors (Lipinski definition) is 6. The zero-order valence-electron chi connectivity index (χ0n) is 12.6. The minimum absolute atomic E-state index is 0.399. The number of thiophene rings is 1. The fourth-order valence-electron chi connectivity index (χ4n) is 2.65. The van der Waals surface area contributed by atoms with Crippen molar-refractivity contribution in [1.82, 2.24) is 9.97 Å². The summed E-state index contributed by atoms with van der Waals surface area (Å²) in [7, 11) is 0. The van der Waals surface area contributed by atoms with Gasteiger partial charge in [0, 0.05) is 13.1 Å². The molecule has 1 saturated heterocycles. The van der Waals surface area contributed by atoms with E-state index in [0.29, 0.717) is 6.04 Å². The molecule has 0 saturated carbocycles. The van der Waals surface area contributed by atoms with Gasteiger partial charge in [0.05, 0.1) is 24.6 Å². The van der Waals surface area contributed by atoms with Gasteiger partial charge in [-0.3, -0.25) is 0 Å². The maximum Gasteiger partial charge on any atom is 0.226 e. The lowest BCUT2D eigenvalue weighted by Gasteiger charge is -2.36. The lowest BCUT2D eigenvalue weighted by atomic mass is 10.1. The van der Waals surface area contributed by atoms with Crippen LogP contribution >= 0.6 is 11.3 Å². The van der Waals surface area contributed by atoms with Crippen molar-refractivity contribution in [2.24, 2.45) is 0 Å². The van der Waals surface area contributed by atoms with Crippen molar-refractivity contribution in [2.45, 2.75) is 32.7 Å². The molecule has 2 aromatic heterocycles. The normalized spacial score (nSPS) is 19.1. The predicted octanol–water partition coefficient (Wildman–Crippen LogP) is 3.13.